The summed E-state index contributed by atoms with van der Waals surface area (Å²) in [6.07, 6.45) is -1.44. The normalized spacial score (nSPS) is 11.8. The topological polar surface area (TPSA) is 61.4 Å². The third-order valence-corrected chi connectivity index (χ3v) is 3.34. The highest BCUT2D eigenvalue weighted by atomic mass is 19.4. The molecule has 0 radical (unpaired) electrons. The molecule has 1 aromatic carbocycles. The van der Waals surface area contributed by atoms with Crippen molar-refractivity contribution >= 4 is 0 Å². The molecule has 0 bridgehead atoms. The summed E-state index contributed by atoms with van der Waals surface area (Å²) >= 11 is 0. The summed E-state index contributed by atoms with van der Waals surface area (Å²) in [5.74, 6) is -0.612. The van der Waals surface area contributed by atoms with E-state index in [2.05, 4.69) is 20.5 Å². The van der Waals surface area contributed by atoms with Crippen LogP contribution in [-0.2, 0) is 25.7 Å². The molecule has 0 N–H and O–H groups in total. The lowest BCUT2D eigenvalue weighted by molar-refractivity contribution is -0.147. The number of nitrogens with zero attached hydrogens (tertiary/aromatic N) is 6. The van der Waals surface area contributed by atoms with Gasteiger partial charge in [-0.15, -0.1) is 5.10 Å². The Morgan fingerprint density at radius 1 is 1.09 bits per heavy atom. The summed E-state index contributed by atoms with van der Waals surface area (Å²) in [6.45, 7) is 0.402. The molecule has 0 aliphatic carbocycles. The molecule has 2 aromatic heterocycles. The van der Waals surface area contributed by atoms with Crippen molar-refractivity contribution in [1.29, 1.82) is 0 Å². The van der Waals surface area contributed by atoms with Gasteiger partial charge in [-0.1, -0.05) is 30.3 Å². The summed E-state index contributed by atoms with van der Waals surface area (Å²) in [5.41, 5.74) is 1.10. The fourth-order valence-corrected chi connectivity index (χ4v) is 2.23. The molecule has 9 heteroatoms. The Labute approximate surface area is 129 Å². The van der Waals surface area contributed by atoms with Crippen molar-refractivity contribution in [2.45, 2.75) is 25.7 Å². The summed E-state index contributed by atoms with van der Waals surface area (Å²) < 4.78 is 41.0. The van der Waals surface area contributed by atoms with E-state index in [9.17, 15) is 13.2 Å². The van der Waals surface area contributed by atoms with Gasteiger partial charge in [0, 0.05) is 18.9 Å². The van der Waals surface area contributed by atoms with Gasteiger partial charge in [0.2, 0.25) is 5.82 Å². The largest absolute Gasteiger partial charge is 0.449 e. The molecule has 0 spiro atoms. The molecule has 6 nitrogen and oxygen atoms in total. The first-order chi connectivity index (χ1) is 11.0. The first kappa shape index (κ1) is 15.2. The van der Waals surface area contributed by atoms with Crippen LogP contribution in [0.5, 0.6) is 0 Å². The molecular formula is C14H13F3N6. The van der Waals surface area contributed by atoms with Crippen molar-refractivity contribution in [2.75, 3.05) is 0 Å². The Kier molecular flexibility index (Phi) is 4.09. The minimum atomic E-state index is -4.51. The maximum absolute atomic E-state index is 12.8. The van der Waals surface area contributed by atoms with Crippen molar-refractivity contribution in [3.63, 3.8) is 0 Å². The van der Waals surface area contributed by atoms with Crippen LogP contribution >= 0.6 is 0 Å². The van der Waals surface area contributed by atoms with E-state index < -0.39 is 12.0 Å². The van der Waals surface area contributed by atoms with Gasteiger partial charge in [0.05, 0.1) is 6.54 Å². The highest BCUT2D eigenvalue weighted by Crippen LogP contribution is 2.27. The van der Waals surface area contributed by atoms with Gasteiger partial charge >= 0.3 is 6.18 Å². The summed E-state index contributed by atoms with van der Waals surface area (Å²) in [5, 5.41) is 11.2. The number of aryl methyl sites for hydroxylation is 2. The third kappa shape index (κ3) is 3.55. The first-order valence-electron chi connectivity index (χ1n) is 6.91. The van der Waals surface area contributed by atoms with Crippen molar-refractivity contribution < 1.29 is 13.2 Å². The van der Waals surface area contributed by atoms with E-state index in [1.54, 1.807) is 0 Å². The molecule has 3 aromatic rings. The van der Waals surface area contributed by atoms with Crippen LogP contribution in [0.15, 0.2) is 42.7 Å². The monoisotopic (exact) mass is 322 g/mol. The molecule has 0 aliphatic heterocycles. The SMILES string of the molecule is FC(F)(F)c1nccn1Cc1nnnn1CCc1ccccc1. The van der Waals surface area contributed by atoms with Crippen molar-refractivity contribution in [3.05, 3.63) is 59.9 Å². The zero-order valence-corrected chi connectivity index (χ0v) is 12.0. The van der Waals surface area contributed by atoms with Crippen molar-refractivity contribution in [3.8, 4) is 0 Å². The molecule has 120 valence electrons. The Bertz CT molecular complexity index is 762. The van der Waals surface area contributed by atoms with Crippen LogP contribution in [0.25, 0.3) is 0 Å². The Morgan fingerprint density at radius 3 is 2.61 bits per heavy atom. The zero-order chi connectivity index (χ0) is 16.3. The average Bonchev–Trinajstić information content (AvgIpc) is 3.15. The summed E-state index contributed by atoms with van der Waals surface area (Å²) in [7, 11) is 0. The Morgan fingerprint density at radius 2 is 1.87 bits per heavy atom. The van der Waals surface area contributed by atoms with E-state index in [0.717, 1.165) is 16.3 Å². The molecule has 0 atom stereocenters. The lowest BCUT2D eigenvalue weighted by Gasteiger charge is -2.10. The quantitative estimate of drug-likeness (QED) is 0.722. The lowest BCUT2D eigenvalue weighted by Crippen LogP contribution is -2.18. The number of halogens is 3. The second-order valence-corrected chi connectivity index (χ2v) is 4.93. The number of hydrogen-bond donors (Lipinski definition) is 0. The van der Waals surface area contributed by atoms with E-state index in [1.165, 1.54) is 10.9 Å². The summed E-state index contributed by atoms with van der Waals surface area (Å²) in [4.78, 5) is 3.35. The molecule has 23 heavy (non-hydrogen) atoms. The number of hydrogen-bond acceptors (Lipinski definition) is 4. The standard InChI is InChI=1S/C14H13F3N6/c15-14(16,17)13-18-7-9-22(13)10-12-19-20-21-23(12)8-6-11-4-2-1-3-5-11/h1-5,7,9H,6,8,10H2. The summed E-state index contributed by atoms with van der Waals surface area (Å²) in [6, 6.07) is 9.72. The minimum absolute atomic E-state index is 0.0867. The third-order valence-electron chi connectivity index (χ3n) is 3.34. The minimum Gasteiger partial charge on any atom is -0.320 e. The van der Waals surface area contributed by atoms with Crippen LogP contribution in [0.2, 0.25) is 0 Å². The van der Waals surface area contributed by atoms with Gasteiger partial charge in [-0.2, -0.15) is 13.2 Å². The molecule has 0 amide bonds. The van der Waals surface area contributed by atoms with Gasteiger partial charge in [0.1, 0.15) is 0 Å². The van der Waals surface area contributed by atoms with Crippen LogP contribution in [0.1, 0.15) is 17.2 Å². The van der Waals surface area contributed by atoms with Gasteiger partial charge < -0.3 is 4.57 Å². The Hall–Kier alpha value is -2.71. The predicted octanol–water partition coefficient (Wildman–Crippen LogP) is 2.18. The van der Waals surface area contributed by atoms with Gasteiger partial charge in [0.25, 0.3) is 0 Å². The van der Waals surface area contributed by atoms with Crippen molar-refractivity contribution in [1.82, 2.24) is 29.8 Å². The molecule has 0 unspecified atom stereocenters. The van der Waals surface area contributed by atoms with E-state index in [-0.39, 0.29) is 6.54 Å². The highest BCUT2D eigenvalue weighted by Gasteiger charge is 2.36. The molecular weight excluding hydrogens is 309 g/mol. The van der Waals surface area contributed by atoms with Crippen LogP contribution in [0.3, 0.4) is 0 Å². The van der Waals surface area contributed by atoms with Crippen LogP contribution in [-0.4, -0.2) is 29.8 Å². The van der Waals surface area contributed by atoms with Gasteiger partial charge in [-0.25, -0.2) is 9.67 Å². The number of alkyl halides is 3. The van der Waals surface area contributed by atoms with E-state index >= 15 is 0 Å². The number of aromatic nitrogens is 6. The Balaban J connectivity index is 1.73. The molecule has 0 saturated carbocycles. The van der Waals surface area contributed by atoms with E-state index in [4.69, 9.17) is 0 Å². The van der Waals surface area contributed by atoms with Gasteiger partial charge in [-0.3, -0.25) is 0 Å². The maximum Gasteiger partial charge on any atom is 0.449 e. The molecule has 0 saturated heterocycles. The predicted molar refractivity (Wildman–Crippen MR) is 74.3 cm³/mol. The number of tetrazole rings is 1. The second kappa shape index (κ2) is 6.19. The van der Waals surface area contributed by atoms with E-state index in [1.807, 2.05) is 30.3 Å². The fraction of sp³-hybridized carbons (Fsp3) is 0.286. The van der Waals surface area contributed by atoms with Gasteiger partial charge in [-0.05, 0) is 22.4 Å². The number of benzene rings is 1. The van der Waals surface area contributed by atoms with Crippen LogP contribution < -0.4 is 0 Å². The zero-order valence-electron chi connectivity index (χ0n) is 12.0. The van der Waals surface area contributed by atoms with Crippen molar-refractivity contribution in [2.24, 2.45) is 0 Å². The van der Waals surface area contributed by atoms with Crippen LogP contribution in [0.4, 0.5) is 13.2 Å². The number of imidazole rings is 1. The number of rotatable bonds is 5. The van der Waals surface area contributed by atoms with E-state index in [0.29, 0.717) is 18.8 Å². The first-order valence-corrected chi connectivity index (χ1v) is 6.91. The maximum atomic E-state index is 12.8. The lowest BCUT2D eigenvalue weighted by atomic mass is 10.1. The highest BCUT2D eigenvalue weighted by molar-refractivity contribution is 5.14. The van der Waals surface area contributed by atoms with Gasteiger partial charge in [0.15, 0.2) is 5.82 Å². The molecule has 0 fully saturated rings. The fourth-order valence-electron chi connectivity index (χ4n) is 2.23. The smallest absolute Gasteiger partial charge is 0.320 e. The molecule has 3 rings (SSSR count). The second-order valence-electron chi connectivity index (χ2n) is 4.93. The molecule has 0 aliphatic rings. The van der Waals surface area contributed by atoms with Crippen LogP contribution in [0, 0.1) is 0 Å². The molecule has 2 heterocycles. The average molecular weight is 322 g/mol.